The average Bonchev–Trinajstić information content (AvgIpc) is 3.22. The zero-order chi connectivity index (χ0) is 16.1. The fraction of sp³-hybridized carbons (Fsp3) is 0.353. The number of hydrogen-bond donors (Lipinski definition) is 3. The third-order valence-electron chi connectivity index (χ3n) is 3.91. The number of aliphatic hydroxyl groups excluding tert-OH is 1. The minimum absolute atomic E-state index is 0.0709. The SMILES string of the molecule is O=C(NCC1CNCC1O)c1ccccc1SCc1cccs1. The fourth-order valence-corrected chi connectivity index (χ4v) is 4.39. The van der Waals surface area contributed by atoms with Crippen LogP contribution in [0.25, 0.3) is 0 Å². The van der Waals surface area contributed by atoms with Crippen LogP contribution in [0.4, 0.5) is 0 Å². The van der Waals surface area contributed by atoms with Crippen molar-refractivity contribution < 1.29 is 9.90 Å². The molecule has 0 aliphatic carbocycles. The molecule has 2 heterocycles. The number of carbonyl (C=O) groups is 1. The van der Waals surface area contributed by atoms with E-state index >= 15 is 0 Å². The molecule has 0 radical (unpaired) electrons. The minimum atomic E-state index is -0.376. The van der Waals surface area contributed by atoms with E-state index < -0.39 is 0 Å². The molecule has 2 unspecified atom stereocenters. The molecule has 4 nitrogen and oxygen atoms in total. The number of nitrogens with one attached hydrogen (secondary N) is 2. The number of thiophene rings is 1. The van der Waals surface area contributed by atoms with Crippen molar-refractivity contribution in [1.29, 1.82) is 0 Å². The highest BCUT2D eigenvalue weighted by atomic mass is 32.2. The summed E-state index contributed by atoms with van der Waals surface area (Å²) in [4.78, 5) is 14.8. The lowest BCUT2D eigenvalue weighted by atomic mass is 10.1. The first kappa shape index (κ1) is 16.5. The Morgan fingerprint density at radius 3 is 2.91 bits per heavy atom. The molecule has 0 saturated carbocycles. The third-order valence-corrected chi connectivity index (χ3v) is 6.09. The van der Waals surface area contributed by atoms with Gasteiger partial charge >= 0.3 is 0 Å². The lowest BCUT2D eigenvalue weighted by Crippen LogP contribution is -2.34. The van der Waals surface area contributed by atoms with Crippen molar-refractivity contribution in [1.82, 2.24) is 10.6 Å². The van der Waals surface area contributed by atoms with E-state index in [2.05, 4.69) is 22.1 Å². The van der Waals surface area contributed by atoms with Crippen molar-refractivity contribution in [3.8, 4) is 0 Å². The number of benzene rings is 1. The van der Waals surface area contributed by atoms with Crippen molar-refractivity contribution >= 4 is 29.0 Å². The minimum Gasteiger partial charge on any atom is -0.391 e. The fourth-order valence-electron chi connectivity index (χ4n) is 2.57. The Labute approximate surface area is 144 Å². The molecule has 1 aliphatic rings. The van der Waals surface area contributed by atoms with E-state index in [1.807, 2.05) is 30.3 Å². The lowest BCUT2D eigenvalue weighted by molar-refractivity contribution is 0.0924. The van der Waals surface area contributed by atoms with E-state index in [9.17, 15) is 9.90 Å². The summed E-state index contributed by atoms with van der Waals surface area (Å²) in [5.41, 5.74) is 0.703. The molecule has 3 rings (SSSR count). The van der Waals surface area contributed by atoms with Gasteiger partial charge in [-0.15, -0.1) is 23.1 Å². The number of rotatable bonds is 6. The summed E-state index contributed by atoms with van der Waals surface area (Å²) in [6.45, 7) is 1.85. The molecule has 1 aliphatic heterocycles. The van der Waals surface area contributed by atoms with Crippen LogP contribution >= 0.6 is 23.1 Å². The zero-order valence-corrected chi connectivity index (χ0v) is 14.3. The Morgan fingerprint density at radius 1 is 1.30 bits per heavy atom. The number of β-amino-alcohol motifs (C(OH)–C–C–N with tert-alkyl or cyclic N) is 1. The van der Waals surface area contributed by atoms with Crippen LogP contribution in [-0.2, 0) is 5.75 Å². The zero-order valence-electron chi connectivity index (χ0n) is 12.7. The first-order valence-electron chi connectivity index (χ1n) is 7.65. The molecule has 23 heavy (non-hydrogen) atoms. The molecular formula is C17H20N2O2S2. The van der Waals surface area contributed by atoms with Crippen molar-refractivity contribution in [2.75, 3.05) is 19.6 Å². The van der Waals surface area contributed by atoms with Gasteiger partial charge in [-0.2, -0.15) is 0 Å². The van der Waals surface area contributed by atoms with Crippen LogP contribution < -0.4 is 10.6 Å². The summed E-state index contributed by atoms with van der Waals surface area (Å²) >= 11 is 3.41. The maximum absolute atomic E-state index is 12.5. The Morgan fingerprint density at radius 2 is 2.17 bits per heavy atom. The van der Waals surface area contributed by atoms with Crippen molar-refractivity contribution in [3.63, 3.8) is 0 Å². The van der Waals surface area contributed by atoms with Gasteiger partial charge in [0.15, 0.2) is 0 Å². The predicted molar refractivity (Wildman–Crippen MR) is 95.0 cm³/mol. The standard InChI is InChI=1S/C17H20N2O2S2/c20-15-10-18-8-12(15)9-19-17(21)14-5-1-2-6-16(14)23-11-13-4-3-7-22-13/h1-7,12,15,18,20H,8-11H2,(H,19,21). The van der Waals surface area contributed by atoms with Crippen LogP contribution in [-0.4, -0.2) is 36.8 Å². The van der Waals surface area contributed by atoms with Crippen molar-refractivity contribution in [2.24, 2.45) is 5.92 Å². The van der Waals surface area contributed by atoms with Gasteiger partial charge in [0.05, 0.1) is 11.7 Å². The number of carbonyl (C=O) groups excluding carboxylic acids is 1. The highest BCUT2D eigenvalue weighted by Crippen LogP contribution is 2.28. The monoisotopic (exact) mass is 348 g/mol. The predicted octanol–water partition coefficient (Wildman–Crippen LogP) is 2.35. The van der Waals surface area contributed by atoms with Gasteiger partial charge in [-0.3, -0.25) is 4.79 Å². The smallest absolute Gasteiger partial charge is 0.252 e. The second-order valence-corrected chi connectivity index (χ2v) is 7.61. The largest absolute Gasteiger partial charge is 0.391 e. The average molecular weight is 348 g/mol. The lowest BCUT2D eigenvalue weighted by Gasteiger charge is -2.15. The topological polar surface area (TPSA) is 61.4 Å². The van der Waals surface area contributed by atoms with Gasteiger partial charge in [0.2, 0.25) is 0 Å². The van der Waals surface area contributed by atoms with E-state index in [0.29, 0.717) is 18.7 Å². The molecular weight excluding hydrogens is 328 g/mol. The van der Waals surface area contributed by atoms with Crippen LogP contribution in [0.2, 0.25) is 0 Å². The van der Waals surface area contributed by atoms with Crippen molar-refractivity contribution in [3.05, 3.63) is 52.2 Å². The molecule has 1 fully saturated rings. The highest BCUT2D eigenvalue weighted by Gasteiger charge is 2.25. The van der Waals surface area contributed by atoms with E-state index in [-0.39, 0.29) is 17.9 Å². The van der Waals surface area contributed by atoms with Crippen LogP contribution in [0, 0.1) is 5.92 Å². The van der Waals surface area contributed by atoms with Crippen LogP contribution in [0.5, 0.6) is 0 Å². The number of thioether (sulfide) groups is 1. The summed E-state index contributed by atoms with van der Waals surface area (Å²) < 4.78 is 0. The summed E-state index contributed by atoms with van der Waals surface area (Å²) in [5, 5.41) is 17.9. The van der Waals surface area contributed by atoms with Crippen molar-refractivity contribution in [2.45, 2.75) is 16.8 Å². The second kappa shape index (κ2) is 7.97. The molecule has 1 aromatic heterocycles. The maximum Gasteiger partial charge on any atom is 0.252 e. The van der Waals surface area contributed by atoms with E-state index in [4.69, 9.17) is 0 Å². The Bertz CT molecular complexity index is 646. The van der Waals surface area contributed by atoms with Gasteiger partial charge < -0.3 is 15.7 Å². The molecule has 6 heteroatoms. The quantitative estimate of drug-likeness (QED) is 0.702. The van der Waals surface area contributed by atoms with Gasteiger partial charge in [0.25, 0.3) is 5.91 Å². The molecule has 122 valence electrons. The van der Waals surface area contributed by atoms with Gasteiger partial charge in [-0.05, 0) is 23.6 Å². The molecule has 1 amide bonds. The third kappa shape index (κ3) is 4.35. The van der Waals surface area contributed by atoms with Crippen LogP contribution in [0.15, 0.2) is 46.7 Å². The van der Waals surface area contributed by atoms with E-state index in [0.717, 1.165) is 17.2 Å². The molecule has 1 aromatic carbocycles. The first-order valence-corrected chi connectivity index (χ1v) is 9.52. The van der Waals surface area contributed by atoms with Gasteiger partial charge in [0.1, 0.15) is 0 Å². The number of aliphatic hydroxyl groups is 1. The summed E-state index contributed by atoms with van der Waals surface area (Å²) in [6, 6.07) is 11.8. The summed E-state index contributed by atoms with van der Waals surface area (Å²) in [7, 11) is 0. The van der Waals surface area contributed by atoms with Crippen LogP contribution in [0.1, 0.15) is 15.2 Å². The summed E-state index contributed by atoms with van der Waals surface area (Å²) in [6.07, 6.45) is -0.376. The summed E-state index contributed by atoms with van der Waals surface area (Å²) in [5.74, 6) is 0.885. The van der Waals surface area contributed by atoms with E-state index in [1.165, 1.54) is 4.88 Å². The molecule has 0 bridgehead atoms. The Hall–Kier alpha value is -1.34. The molecule has 2 aromatic rings. The first-order chi connectivity index (χ1) is 11.2. The molecule has 2 atom stereocenters. The molecule has 0 spiro atoms. The van der Waals surface area contributed by atoms with E-state index in [1.54, 1.807) is 23.1 Å². The number of hydrogen-bond acceptors (Lipinski definition) is 5. The normalized spacial score (nSPS) is 20.6. The molecule has 1 saturated heterocycles. The van der Waals surface area contributed by atoms with Gasteiger partial charge in [-0.1, -0.05) is 18.2 Å². The molecule has 3 N–H and O–H groups in total. The van der Waals surface area contributed by atoms with Gasteiger partial charge in [-0.25, -0.2) is 0 Å². The second-order valence-electron chi connectivity index (χ2n) is 5.56. The Balaban J connectivity index is 1.60. The van der Waals surface area contributed by atoms with Crippen LogP contribution in [0.3, 0.4) is 0 Å². The maximum atomic E-state index is 12.5. The highest BCUT2D eigenvalue weighted by molar-refractivity contribution is 7.98. The van der Waals surface area contributed by atoms with Gasteiger partial charge in [0, 0.05) is 41.1 Å². The Kier molecular flexibility index (Phi) is 5.72. The number of amides is 1.